The molecule has 1 saturated carbocycles. The summed E-state index contributed by atoms with van der Waals surface area (Å²) >= 11 is 11.9. The molecule has 1 aliphatic rings. The van der Waals surface area contributed by atoms with Crippen LogP contribution in [-0.2, 0) is 0 Å². The van der Waals surface area contributed by atoms with Crippen molar-refractivity contribution in [3.8, 4) is 0 Å². The summed E-state index contributed by atoms with van der Waals surface area (Å²) in [5, 5.41) is 13.8. The number of aliphatic hydroxyl groups excluding tert-OH is 1. The van der Waals surface area contributed by atoms with Crippen molar-refractivity contribution in [3.05, 3.63) is 33.8 Å². The van der Waals surface area contributed by atoms with Crippen molar-refractivity contribution in [2.75, 3.05) is 6.54 Å². The molecule has 1 fully saturated rings. The molecule has 1 aliphatic carbocycles. The lowest BCUT2D eigenvalue weighted by atomic mass is 9.82. The lowest BCUT2D eigenvalue weighted by molar-refractivity contribution is 0.0420. The van der Waals surface area contributed by atoms with Crippen LogP contribution in [-0.4, -0.2) is 17.8 Å². The number of nitrogens with one attached hydrogen (secondary N) is 1. The van der Waals surface area contributed by atoms with Gasteiger partial charge in [0.2, 0.25) is 0 Å². The third kappa shape index (κ3) is 3.35. The summed E-state index contributed by atoms with van der Waals surface area (Å²) in [5.41, 5.74) is 1.14. The molecule has 1 aromatic rings. The van der Waals surface area contributed by atoms with Gasteiger partial charge in [-0.15, -0.1) is 0 Å². The smallest absolute Gasteiger partial charge is 0.0595 e. The Bertz CT molecular complexity index is 391. The second-order valence-electron chi connectivity index (χ2n) is 4.79. The number of benzene rings is 1. The van der Waals surface area contributed by atoms with E-state index in [9.17, 15) is 5.11 Å². The molecule has 0 saturated heterocycles. The van der Waals surface area contributed by atoms with Crippen LogP contribution >= 0.6 is 23.2 Å². The van der Waals surface area contributed by atoms with E-state index < -0.39 is 0 Å². The summed E-state index contributed by atoms with van der Waals surface area (Å²) in [6, 6.07) is 5.96. The predicted molar refractivity (Wildman–Crippen MR) is 71.6 cm³/mol. The summed E-state index contributed by atoms with van der Waals surface area (Å²) in [6.07, 6.45) is 1.75. The first-order valence-electron chi connectivity index (χ1n) is 5.92. The van der Waals surface area contributed by atoms with Crippen molar-refractivity contribution in [2.45, 2.75) is 31.9 Å². The van der Waals surface area contributed by atoms with Crippen LogP contribution in [0.3, 0.4) is 0 Å². The van der Waals surface area contributed by atoms with Crippen molar-refractivity contribution in [3.63, 3.8) is 0 Å². The van der Waals surface area contributed by atoms with Gasteiger partial charge in [-0.25, -0.2) is 0 Å². The standard InChI is InChI=1S/C13H17Cl2NO/c1-8(16-7-9-4-11(17)5-9)10-2-3-12(14)13(15)6-10/h2-3,6,8-9,11,16-17H,4-5,7H2,1H3. The second-order valence-corrected chi connectivity index (χ2v) is 5.61. The van der Waals surface area contributed by atoms with Gasteiger partial charge in [0.05, 0.1) is 16.1 Å². The van der Waals surface area contributed by atoms with Crippen molar-refractivity contribution >= 4 is 23.2 Å². The number of aliphatic hydroxyl groups is 1. The van der Waals surface area contributed by atoms with E-state index in [1.165, 1.54) is 0 Å². The van der Waals surface area contributed by atoms with Gasteiger partial charge < -0.3 is 10.4 Å². The normalized spacial score (nSPS) is 25.4. The summed E-state index contributed by atoms with van der Waals surface area (Å²) in [6.45, 7) is 3.05. The van der Waals surface area contributed by atoms with Crippen molar-refractivity contribution in [1.82, 2.24) is 5.32 Å². The van der Waals surface area contributed by atoms with Crippen molar-refractivity contribution < 1.29 is 5.11 Å². The van der Waals surface area contributed by atoms with Gasteiger partial charge in [0.15, 0.2) is 0 Å². The number of rotatable bonds is 4. The fraction of sp³-hybridized carbons (Fsp3) is 0.538. The molecular formula is C13H17Cl2NO. The molecule has 0 aliphatic heterocycles. The molecular weight excluding hydrogens is 257 g/mol. The van der Waals surface area contributed by atoms with E-state index in [-0.39, 0.29) is 12.1 Å². The molecule has 0 radical (unpaired) electrons. The first kappa shape index (κ1) is 13.2. The number of halogens is 2. The Morgan fingerprint density at radius 3 is 2.65 bits per heavy atom. The molecule has 0 spiro atoms. The zero-order valence-corrected chi connectivity index (χ0v) is 11.3. The van der Waals surface area contributed by atoms with Crippen LogP contribution < -0.4 is 5.32 Å². The zero-order valence-electron chi connectivity index (χ0n) is 9.79. The van der Waals surface area contributed by atoms with Crippen molar-refractivity contribution in [1.29, 1.82) is 0 Å². The van der Waals surface area contributed by atoms with Gasteiger partial charge in [-0.1, -0.05) is 29.3 Å². The van der Waals surface area contributed by atoms with Gasteiger partial charge in [-0.05, 0) is 49.9 Å². The van der Waals surface area contributed by atoms with E-state index in [2.05, 4.69) is 12.2 Å². The third-order valence-corrected chi connectivity index (χ3v) is 4.11. The maximum absolute atomic E-state index is 9.21. The lowest BCUT2D eigenvalue weighted by Crippen LogP contribution is -2.36. The minimum Gasteiger partial charge on any atom is -0.393 e. The fourth-order valence-corrected chi connectivity index (χ4v) is 2.42. The Hall–Kier alpha value is -0.280. The average molecular weight is 274 g/mol. The van der Waals surface area contributed by atoms with E-state index in [4.69, 9.17) is 23.2 Å². The highest BCUT2D eigenvalue weighted by Crippen LogP contribution is 2.28. The highest BCUT2D eigenvalue weighted by molar-refractivity contribution is 6.42. The summed E-state index contributed by atoms with van der Waals surface area (Å²) in [4.78, 5) is 0. The van der Waals surface area contributed by atoms with E-state index in [0.29, 0.717) is 16.0 Å². The van der Waals surface area contributed by atoms with Crippen LogP contribution in [0.5, 0.6) is 0 Å². The minimum absolute atomic E-state index is 0.0814. The Balaban J connectivity index is 1.86. The lowest BCUT2D eigenvalue weighted by Gasteiger charge is -2.32. The van der Waals surface area contributed by atoms with E-state index in [1.807, 2.05) is 18.2 Å². The first-order chi connectivity index (χ1) is 8.06. The average Bonchev–Trinajstić information content (AvgIpc) is 2.26. The fourth-order valence-electron chi connectivity index (χ4n) is 2.11. The summed E-state index contributed by atoms with van der Waals surface area (Å²) in [7, 11) is 0. The molecule has 17 heavy (non-hydrogen) atoms. The molecule has 1 aromatic carbocycles. The molecule has 2 N–H and O–H groups in total. The molecule has 2 nitrogen and oxygen atoms in total. The van der Waals surface area contributed by atoms with Crippen LogP contribution in [0.1, 0.15) is 31.4 Å². The monoisotopic (exact) mass is 273 g/mol. The van der Waals surface area contributed by atoms with Gasteiger partial charge >= 0.3 is 0 Å². The van der Waals surface area contributed by atoms with Gasteiger partial charge in [-0.3, -0.25) is 0 Å². The zero-order chi connectivity index (χ0) is 12.4. The molecule has 0 bridgehead atoms. The Morgan fingerprint density at radius 1 is 1.35 bits per heavy atom. The largest absolute Gasteiger partial charge is 0.393 e. The Morgan fingerprint density at radius 2 is 2.06 bits per heavy atom. The van der Waals surface area contributed by atoms with Gasteiger partial charge in [0.25, 0.3) is 0 Å². The molecule has 4 heteroatoms. The molecule has 2 rings (SSSR count). The third-order valence-electron chi connectivity index (χ3n) is 3.37. The van der Waals surface area contributed by atoms with Crippen LogP contribution in [0.25, 0.3) is 0 Å². The minimum atomic E-state index is -0.0814. The van der Waals surface area contributed by atoms with Crippen LogP contribution in [0.15, 0.2) is 18.2 Å². The highest BCUT2D eigenvalue weighted by atomic mass is 35.5. The summed E-state index contributed by atoms with van der Waals surface area (Å²) < 4.78 is 0. The molecule has 0 amide bonds. The highest BCUT2D eigenvalue weighted by Gasteiger charge is 2.26. The van der Waals surface area contributed by atoms with Gasteiger partial charge in [-0.2, -0.15) is 0 Å². The maximum atomic E-state index is 9.21. The van der Waals surface area contributed by atoms with Gasteiger partial charge in [0, 0.05) is 6.04 Å². The quantitative estimate of drug-likeness (QED) is 0.881. The molecule has 1 unspecified atom stereocenters. The number of hydrogen-bond donors (Lipinski definition) is 2. The van der Waals surface area contributed by atoms with E-state index >= 15 is 0 Å². The summed E-state index contributed by atoms with van der Waals surface area (Å²) in [5.74, 6) is 0.607. The number of hydrogen-bond acceptors (Lipinski definition) is 2. The molecule has 94 valence electrons. The van der Waals surface area contributed by atoms with E-state index in [0.717, 1.165) is 24.9 Å². The first-order valence-corrected chi connectivity index (χ1v) is 6.68. The molecule has 1 atom stereocenters. The SMILES string of the molecule is CC(NCC1CC(O)C1)c1ccc(Cl)c(Cl)c1. The van der Waals surface area contributed by atoms with Crippen molar-refractivity contribution in [2.24, 2.45) is 5.92 Å². The van der Waals surface area contributed by atoms with Crippen LogP contribution in [0, 0.1) is 5.92 Å². The Kier molecular flexibility index (Phi) is 4.31. The van der Waals surface area contributed by atoms with Crippen LogP contribution in [0.2, 0.25) is 10.0 Å². The maximum Gasteiger partial charge on any atom is 0.0595 e. The second kappa shape index (κ2) is 5.57. The topological polar surface area (TPSA) is 32.3 Å². The molecule has 0 heterocycles. The van der Waals surface area contributed by atoms with E-state index in [1.54, 1.807) is 0 Å². The van der Waals surface area contributed by atoms with Crippen LogP contribution in [0.4, 0.5) is 0 Å². The predicted octanol–water partition coefficient (Wildman–Crippen LogP) is 3.41. The molecule has 0 aromatic heterocycles. The van der Waals surface area contributed by atoms with Gasteiger partial charge in [0.1, 0.15) is 0 Å². The Labute approximate surface area is 112 Å².